The summed E-state index contributed by atoms with van der Waals surface area (Å²) in [6, 6.07) is 6.82. The van der Waals surface area contributed by atoms with Gasteiger partial charge in [-0.3, -0.25) is 10.2 Å². The number of morpholine rings is 1. The Kier molecular flexibility index (Phi) is 8.06. The normalized spacial score (nSPS) is 19.5. The Bertz CT molecular complexity index is 781. The molecule has 172 valence electrons. The number of hydrogen-bond acceptors (Lipinski definition) is 6. The molecule has 31 heavy (non-hydrogen) atoms. The molecule has 0 radical (unpaired) electrons. The van der Waals surface area contributed by atoms with Crippen molar-refractivity contribution >= 4 is 24.2 Å². The predicted molar refractivity (Wildman–Crippen MR) is 117 cm³/mol. The van der Waals surface area contributed by atoms with E-state index in [4.69, 9.17) is 14.2 Å². The average Bonchev–Trinajstić information content (AvgIpc) is 2.64. The Morgan fingerprint density at radius 2 is 1.77 bits per heavy atom. The molecular formula is C23H34N2O6. The van der Waals surface area contributed by atoms with Crippen LogP contribution in [0.2, 0.25) is 0 Å². The molecule has 1 N–H and O–H groups in total. The standard InChI is InChI=1S/C23H34N2O6/c1-22(2,3)30-20(27)24-19-10-8-7-9-16(19)11-12-18-13-25(17(14-26)15-29-18)21(28)31-23(4,5)6/h7-10,14,17-18H,11-13,15H2,1-6H3,(H,24,27)/t17-,18-/m1/s1. The lowest BCUT2D eigenvalue weighted by atomic mass is 10.0. The molecule has 0 aliphatic carbocycles. The smallest absolute Gasteiger partial charge is 0.412 e. The van der Waals surface area contributed by atoms with Crippen molar-refractivity contribution in [1.29, 1.82) is 0 Å². The summed E-state index contributed by atoms with van der Waals surface area (Å²) in [6.45, 7) is 11.2. The predicted octanol–water partition coefficient (Wildman–Crippen LogP) is 4.17. The van der Waals surface area contributed by atoms with E-state index < -0.39 is 29.4 Å². The number of amides is 2. The number of hydrogen-bond donors (Lipinski definition) is 1. The Labute approximate surface area is 184 Å². The molecule has 8 heteroatoms. The van der Waals surface area contributed by atoms with Gasteiger partial charge in [-0.2, -0.15) is 0 Å². The van der Waals surface area contributed by atoms with Crippen LogP contribution in [0.4, 0.5) is 15.3 Å². The number of nitrogens with zero attached hydrogens (tertiary/aromatic N) is 1. The van der Waals surface area contributed by atoms with Gasteiger partial charge in [0.15, 0.2) is 0 Å². The molecule has 2 rings (SSSR count). The van der Waals surface area contributed by atoms with Crippen molar-refractivity contribution in [2.24, 2.45) is 0 Å². The van der Waals surface area contributed by atoms with Crippen molar-refractivity contribution in [3.63, 3.8) is 0 Å². The fourth-order valence-electron chi connectivity index (χ4n) is 3.14. The fourth-order valence-corrected chi connectivity index (χ4v) is 3.14. The molecule has 8 nitrogen and oxygen atoms in total. The van der Waals surface area contributed by atoms with E-state index in [0.29, 0.717) is 24.8 Å². The van der Waals surface area contributed by atoms with Crippen LogP contribution in [0.3, 0.4) is 0 Å². The highest BCUT2D eigenvalue weighted by atomic mass is 16.6. The number of para-hydroxylation sites is 1. The number of nitrogens with one attached hydrogen (secondary N) is 1. The fraction of sp³-hybridized carbons (Fsp3) is 0.609. The summed E-state index contributed by atoms with van der Waals surface area (Å²) in [7, 11) is 0. The van der Waals surface area contributed by atoms with Crippen molar-refractivity contribution in [3.8, 4) is 0 Å². The summed E-state index contributed by atoms with van der Waals surface area (Å²) >= 11 is 0. The molecule has 2 atom stereocenters. The minimum Gasteiger partial charge on any atom is -0.444 e. The second-order valence-electron chi connectivity index (χ2n) is 9.61. The molecule has 0 saturated carbocycles. The van der Waals surface area contributed by atoms with E-state index >= 15 is 0 Å². The third kappa shape index (κ3) is 8.20. The number of aldehydes is 1. The van der Waals surface area contributed by atoms with Gasteiger partial charge in [-0.05, 0) is 66.0 Å². The third-order valence-electron chi connectivity index (χ3n) is 4.48. The van der Waals surface area contributed by atoms with E-state index in [1.807, 2.05) is 45.0 Å². The van der Waals surface area contributed by atoms with Crippen LogP contribution in [0.25, 0.3) is 0 Å². The zero-order valence-corrected chi connectivity index (χ0v) is 19.3. The van der Waals surface area contributed by atoms with Gasteiger partial charge in [0, 0.05) is 5.69 Å². The number of ether oxygens (including phenoxy) is 3. The Balaban J connectivity index is 2.00. The average molecular weight is 435 g/mol. The van der Waals surface area contributed by atoms with Gasteiger partial charge in [0.05, 0.1) is 19.3 Å². The Morgan fingerprint density at radius 1 is 1.13 bits per heavy atom. The summed E-state index contributed by atoms with van der Waals surface area (Å²) in [5, 5.41) is 2.79. The van der Waals surface area contributed by atoms with Crippen LogP contribution in [0.1, 0.15) is 53.5 Å². The molecule has 1 fully saturated rings. The molecule has 0 unspecified atom stereocenters. The van der Waals surface area contributed by atoms with Crippen LogP contribution in [0.5, 0.6) is 0 Å². The molecule has 2 amide bonds. The third-order valence-corrected chi connectivity index (χ3v) is 4.48. The van der Waals surface area contributed by atoms with Crippen molar-refractivity contribution < 1.29 is 28.6 Å². The summed E-state index contributed by atoms with van der Waals surface area (Å²) in [4.78, 5) is 37.5. The molecule has 0 bridgehead atoms. The molecule has 1 saturated heterocycles. The summed E-state index contributed by atoms with van der Waals surface area (Å²) in [6.07, 6.45) is 0.643. The van der Waals surface area contributed by atoms with E-state index in [-0.39, 0.29) is 19.3 Å². The molecule has 1 aliphatic rings. The second kappa shape index (κ2) is 10.1. The lowest BCUT2D eigenvalue weighted by molar-refractivity contribution is -0.123. The highest BCUT2D eigenvalue weighted by molar-refractivity contribution is 5.85. The molecule has 1 aromatic rings. The number of carbonyl (C=O) groups excluding carboxylic acids is 3. The Morgan fingerprint density at radius 3 is 2.39 bits per heavy atom. The van der Waals surface area contributed by atoms with Crippen molar-refractivity contribution in [3.05, 3.63) is 29.8 Å². The number of benzene rings is 1. The SMILES string of the molecule is CC(C)(C)OC(=O)Nc1ccccc1CC[C@@H]1CN(C(=O)OC(C)(C)C)[C@H](C=O)CO1. The number of rotatable bonds is 5. The largest absolute Gasteiger partial charge is 0.444 e. The zero-order valence-electron chi connectivity index (χ0n) is 19.3. The van der Waals surface area contributed by atoms with Crippen LogP contribution >= 0.6 is 0 Å². The van der Waals surface area contributed by atoms with E-state index in [2.05, 4.69) is 5.32 Å². The van der Waals surface area contributed by atoms with Crippen LogP contribution in [0.15, 0.2) is 24.3 Å². The van der Waals surface area contributed by atoms with Crippen molar-refractivity contribution in [1.82, 2.24) is 4.90 Å². The van der Waals surface area contributed by atoms with Crippen LogP contribution < -0.4 is 5.32 Å². The highest BCUT2D eigenvalue weighted by Gasteiger charge is 2.34. The zero-order chi connectivity index (χ0) is 23.2. The number of aryl methyl sites for hydroxylation is 1. The maximum absolute atomic E-state index is 12.5. The summed E-state index contributed by atoms with van der Waals surface area (Å²) in [5.41, 5.74) is 0.361. The van der Waals surface area contributed by atoms with Crippen LogP contribution in [-0.2, 0) is 25.4 Å². The minimum atomic E-state index is -0.660. The summed E-state index contributed by atoms with van der Waals surface area (Å²) < 4.78 is 16.6. The second-order valence-corrected chi connectivity index (χ2v) is 9.61. The van der Waals surface area contributed by atoms with Crippen molar-refractivity contribution in [2.75, 3.05) is 18.5 Å². The van der Waals surface area contributed by atoms with Gasteiger partial charge >= 0.3 is 12.2 Å². The first-order chi connectivity index (χ1) is 14.4. The highest BCUT2D eigenvalue weighted by Crippen LogP contribution is 2.22. The van der Waals surface area contributed by atoms with Gasteiger partial charge in [0.1, 0.15) is 23.5 Å². The van der Waals surface area contributed by atoms with Crippen LogP contribution in [0, 0.1) is 0 Å². The van der Waals surface area contributed by atoms with E-state index in [1.54, 1.807) is 20.8 Å². The first-order valence-corrected chi connectivity index (χ1v) is 10.5. The Hall–Kier alpha value is -2.61. The molecule has 1 aliphatic heterocycles. The molecular weight excluding hydrogens is 400 g/mol. The van der Waals surface area contributed by atoms with Gasteiger partial charge in [0.25, 0.3) is 0 Å². The maximum Gasteiger partial charge on any atom is 0.412 e. The first-order valence-electron chi connectivity index (χ1n) is 10.5. The van der Waals surface area contributed by atoms with E-state index in [9.17, 15) is 14.4 Å². The van der Waals surface area contributed by atoms with Gasteiger partial charge in [0.2, 0.25) is 0 Å². The van der Waals surface area contributed by atoms with E-state index in [1.165, 1.54) is 4.90 Å². The minimum absolute atomic E-state index is 0.130. The molecule has 0 spiro atoms. The molecule has 0 aromatic heterocycles. The first kappa shape index (κ1) is 24.7. The van der Waals surface area contributed by atoms with E-state index in [0.717, 1.165) is 5.56 Å². The topological polar surface area (TPSA) is 94.2 Å². The number of anilines is 1. The van der Waals surface area contributed by atoms with Gasteiger partial charge in [-0.15, -0.1) is 0 Å². The van der Waals surface area contributed by atoms with Crippen molar-refractivity contribution in [2.45, 2.75) is 77.7 Å². The van der Waals surface area contributed by atoms with Gasteiger partial charge < -0.3 is 19.0 Å². The summed E-state index contributed by atoms with van der Waals surface area (Å²) in [5.74, 6) is 0. The lowest BCUT2D eigenvalue weighted by Crippen LogP contribution is -2.54. The van der Waals surface area contributed by atoms with Crippen LogP contribution in [-0.4, -0.2) is 59.9 Å². The van der Waals surface area contributed by atoms with Gasteiger partial charge in [-0.1, -0.05) is 18.2 Å². The lowest BCUT2D eigenvalue weighted by Gasteiger charge is -2.38. The quantitative estimate of drug-likeness (QED) is 0.699. The molecule has 1 aromatic carbocycles. The monoisotopic (exact) mass is 434 g/mol. The maximum atomic E-state index is 12.5. The molecule has 1 heterocycles. The number of carbonyl (C=O) groups is 3. The van der Waals surface area contributed by atoms with Gasteiger partial charge in [-0.25, -0.2) is 9.59 Å².